The summed E-state index contributed by atoms with van der Waals surface area (Å²) < 4.78 is 25.1. The summed E-state index contributed by atoms with van der Waals surface area (Å²) in [5.41, 5.74) is 6.40. The molecule has 1 aliphatic carbocycles. The average molecular weight is 518 g/mol. The minimum atomic E-state index is -1.58. The van der Waals surface area contributed by atoms with Gasteiger partial charge in [0.05, 0.1) is 41.4 Å². The standard InChI is InChI=1S/C27H26ClFN8/c28-23-13-20(12-22-25(18(14-30)15-31-27(22)23)34-36-10-2-1-3-11-36)32-26(17-4-6-19(29)7-5-17)24-16-37(35-33-24)21-8-9-21/h4-7,12-13,15-16,21,26,32H,1-3,8-11H2,(H,31,34)/i26D. The Morgan fingerprint density at radius 3 is 2.68 bits per heavy atom. The van der Waals surface area contributed by atoms with Gasteiger partial charge in [0.2, 0.25) is 0 Å². The predicted molar refractivity (Wildman–Crippen MR) is 141 cm³/mol. The van der Waals surface area contributed by atoms with Crippen LogP contribution in [0, 0.1) is 17.1 Å². The van der Waals surface area contributed by atoms with Crippen molar-refractivity contribution in [1.82, 2.24) is 25.0 Å². The van der Waals surface area contributed by atoms with Crippen LogP contribution in [0.4, 0.5) is 15.8 Å². The molecule has 1 saturated heterocycles. The van der Waals surface area contributed by atoms with Crippen molar-refractivity contribution in [2.45, 2.75) is 44.2 Å². The number of rotatable bonds is 7. The van der Waals surface area contributed by atoms with Gasteiger partial charge in [-0.2, -0.15) is 5.26 Å². The van der Waals surface area contributed by atoms with Crippen LogP contribution < -0.4 is 10.7 Å². The number of aromatic nitrogens is 4. The molecule has 6 rings (SSSR count). The highest BCUT2D eigenvalue weighted by Gasteiger charge is 2.27. The third-order valence-electron chi connectivity index (χ3n) is 6.76. The summed E-state index contributed by atoms with van der Waals surface area (Å²) in [7, 11) is 0. The smallest absolute Gasteiger partial charge is 0.123 e. The van der Waals surface area contributed by atoms with Crippen molar-refractivity contribution in [1.29, 1.82) is 5.26 Å². The van der Waals surface area contributed by atoms with Crippen LogP contribution >= 0.6 is 11.6 Å². The topological polar surface area (TPSA) is 94.7 Å². The molecule has 4 aromatic rings. The Bertz CT molecular complexity index is 1520. The van der Waals surface area contributed by atoms with E-state index >= 15 is 0 Å². The van der Waals surface area contributed by atoms with Crippen molar-refractivity contribution < 1.29 is 5.76 Å². The lowest BCUT2D eigenvalue weighted by molar-refractivity contribution is 0.273. The molecule has 8 nitrogen and oxygen atoms in total. The number of piperidine rings is 1. The summed E-state index contributed by atoms with van der Waals surface area (Å²) in [6.07, 6.45) is 8.68. The first kappa shape index (κ1) is 22.5. The Morgan fingerprint density at radius 2 is 1.95 bits per heavy atom. The normalized spacial score (nSPS) is 18.1. The highest BCUT2D eigenvalue weighted by atomic mass is 35.5. The van der Waals surface area contributed by atoms with Gasteiger partial charge in [-0.15, -0.1) is 5.10 Å². The van der Waals surface area contributed by atoms with E-state index in [0.717, 1.165) is 38.8 Å². The number of nitriles is 1. The van der Waals surface area contributed by atoms with Crippen LogP contribution in [0.15, 0.2) is 48.8 Å². The number of hydrazine groups is 1. The molecule has 2 aliphatic rings. The number of anilines is 2. The number of nitrogens with one attached hydrogen (secondary N) is 2. The number of nitrogens with zero attached hydrogens (tertiary/aromatic N) is 6. The lowest BCUT2D eigenvalue weighted by Gasteiger charge is -2.29. The van der Waals surface area contributed by atoms with Crippen molar-refractivity contribution in [3.8, 4) is 6.07 Å². The molecule has 2 fully saturated rings. The zero-order valence-electron chi connectivity index (χ0n) is 21.1. The summed E-state index contributed by atoms with van der Waals surface area (Å²) in [6, 6.07) is 10.2. The first-order valence-corrected chi connectivity index (χ1v) is 12.8. The zero-order chi connectivity index (χ0) is 26.3. The molecule has 1 saturated carbocycles. The van der Waals surface area contributed by atoms with Crippen LogP contribution in [0.3, 0.4) is 0 Å². The number of pyridine rings is 1. The Morgan fingerprint density at radius 1 is 1.16 bits per heavy atom. The van der Waals surface area contributed by atoms with Crippen LogP contribution in [0.2, 0.25) is 5.02 Å². The first-order valence-electron chi connectivity index (χ1n) is 12.9. The molecule has 2 aromatic heterocycles. The molecule has 37 heavy (non-hydrogen) atoms. The zero-order valence-corrected chi connectivity index (χ0v) is 20.8. The van der Waals surface area contributed by atoms with Gasteiger partial charge in [-0.25, -0.2) is 14.1 Å². The Hall–Kier alpha value is -3.74. The van der Waals surface area contributed by atoms with E-state index in [4.69, 9.17) is 11.6 Å². The Labute approximate surface area is 220 Å². The van der Waals surface area contributed by atoms with Crippen LogP contribution in [-0.4, -0.2) is 38.1 Å². The highest BCUT2D eigenvalue weighted by molar-refractivity contribution is 6.35. The molecule has 0 amide bonds. The van der Waals surface area contributed by atoms with E-state index in [0.29, 0.717) is 50.2 Å². The largest absolute Gasteiger partial charge is 0.373 e. The number of hydrogen-bond acceptors (Lipinski definition) is 7. The minimum Gasteiger partial charge on any atom is -0.373 e. The molecule has 10 heteroatoms. The molecule has 188 valence electrons. The molecule has 2 aromatic carbocycles. The van der Waals surface area contributed by atoms with E-state index in [9.17, 15) is 11.0 Å². The fourth-order valence-electron chi connectivity index (χ4n) is 4.65. The van der Waals surface area contributed by atoms with Crippen molar-refractivity contribution >= 4 is 33.9 Å². The fourth-order valence-corrected chi connectivity index (χ4v) is 4.92. The van der Waals surface area contributed by atoms with Crippen molar-refractivity contribution in [3.05, 3.63) is 76.5 Å². The van der Waals surface area contributed by atoms with Gasteiger partial charge in [0, 0.05) is 30.4 Å². The number of benzene rings is 2. The lowest BCUT2D eigenvalue weighted by Crippen LogP contribution is -2.35. The highest BCUT2D eigenvalue weighted by Crippen LogP contribution is 2.37. The van der Waals surface area contributed by atoms with Crippen LogP contribution in [-0.2, 0) is 0 Å². The Balaban J connectivity index is 1.44. The second-order valence-electron chi connectivity index (χ2n) is 9.49. The maximum atomic E-state index is 13.8. The SMILES string of the molecule is [2H]C(Nc1cc(Cl)c2ncc(C#N)c(NN3CCCCC3)c2c1)(c1ccc(F)cc1)c1cn(C2CC2)nn1. The molecule has 1 aliphatic heterocycles. The van der Waals surface area contributed by atoms with Crippen molar-refractivity contribution in [3.63, 3.8) is 0 Å². The van der Waals surface area contributed by atoms with Gasteiger partial charge in [-0.1, -0.05) is 35.4 Å². The van der Waals surface area contributed by atoms with E-state index in [1.54, 1.807) is 29.1 Å². The molecule has 1 unspecified atom stereocenters. The van der Waals surface area contributed by atoms with Gasteiger partial charge in [-0.3, -0.25) is 4.98 Å². The van der Waals surface area contributed by atoms with Gasteiger partial charge < -0.3 is 10.7 Å². The molecular weight excluding hydrogens is 491 g/mol. The molecular formula is C27H26ClFN8. The van der Waals surface area contributed by atoms with E-state index in [2.05, 4.69) is 37.1 Å². The number of hydrogen-bond donors (Lipinski definition) is 2. The molecule has 2 N–H and O–H groups in total. The fraction of sp³-hybridized carbons (Fsp3) is 0.333. The van der Waals surface area contributed by atoms with E-state index in [-0.39, 0.29) is 0 Å². The van der Waals surface area contributed by atoms with E-state index in [1.807, 2.05) is 6.07 Å². The minimum absolute atomic E-state index is 0.294. The average Bonchev–Trinajstić information content (AvgIpc) is 3.65. The quantitative estimate of drug-likeness (QED) is 0.318. The van der Waals surface area contributed by atoms with Crippen molar-refractivity contribution in [2.24, 2.45) is 0 Å². The summed E-state index contributed by atoms with van der Waals surface area (Å²) in [5.74, 6) is -0.393. The number of halogens is 2. The summed E-state index contributed by atoms with van der Waals surface area (Å²) >= 11 is 6.70. The van der Waals surface area contributed by atoms with Crippen LogP contribution in [0.1, 0.15) is 62.4 Å². The van der Waals surface area contributed by atoms with Crippen LogP contribution in [0.25, 0.3) is 10.9 Å². The summed E-state index contributed by atoms with van der Waals surface area (Å²) in [6.45, 7) is 1.74. The van der Waals surface area contributed by atoms with E-state index < -0.39 is 11.8 Å². The van der Waals surface area contributed by atoms with Crippen LogP contribution in [0.5, 0.6) is 0 Å². The van der Waals surface area contributed by atoms with E-state index in [1.165, 1.54) is 24.8 Å². The molecule has 0 radical (unpaired) electrons. The molecule has 0 bridgehead atoms. The maximum Gasteiger partial charge on any atom is 0.123 e. The first-order chi connectivity index (χ1) is 18.4. The summed E-state index contributed by atoms with van der Waals surface area (Å²) in [4.78, 5) is 4.44. The molecule has 1 atom stereocenters. The monoisotopic (exact) mass is 517 g/mol. The Kier molecular flexibility index (Phi) is 6.04. The lowest BCUT2D eigenvalue weighted by atomic mass is 10.0. The third kappa shape index (κ3) is 4.95. The van der Waals surface area contributed by atoms with Crippen molar-refractivity contribution in [2.75, 3.05) is 23.8 Å². The van der Waals surface area contributed by atoms with Gasteiger partial charge in [-0.05, 0) is 55.5 Å². The number of fused-ring (bicyclic) bond motifs is 1. The second kappa shape index (κ2) is 9.96. The predicted octanol–water partition coefficient (Wildman–Crippen LogP) is 5.84. The summed E-state index contributed by atoms with van der Waals surface area (Å²) in [5, 5.41) is 24.8. The molecule has 0 spiro atoms. The van der Waals surface area contributed by atoms with Gasteiger partial charge >= 0.3 is 0 Å². The molecule has 3 heterocycles. The third-order valence-corrected chi connectivity index (χ3v) is 7.05. The van der Waals surface area contributed by atoms with Gasteiger partial charge in [0.1, 0.15) is 17.6 Å². The maximum absolute atomic E-state index is 13.8. The second-order valence-corrected chi connectivity index (χ2v) is 9.90. The van der Waals surface area contributed by atoms with Gasteiger partial charge in [0.15, 0.2) is 0 Å². The van der Waals surface area contributed by atoms with Gasteiger partial charge in [0.25, 0.3) is 0 Å².